The van der Waals surface area contributed by atoms with E-state index in [-0.39, 0.29) is 0 Å². The van der Waals surface area contributed by atoms with Gasteiger partial charge in [0, 0.05) is 37.6 Å². The lowest BCUT2D eigenvalue weighted by Crippen LogP contribution is -2.40. The van der Waals surface area contributed by atoms with Gasteiger partial charge in [0.15, 0.2) is 11.6 Å². The van der Waals surface area contributed by atoms with Crippen LogP contribution in [0.3, 0.4) is 0 Å². The predicted octanol–water partition coefficient (Wildman–Crippen LogP) is 3.96. The SMILES string of the molecule is Cc1ccc(C)n1-n1c(CN2C[C@H](C)C[C@H](C)C2)nnc1CN1C[C@H](C)C[C@H](C)C1. The first-order chi connectivity index (χ1) is 14.3. The summed E-state index contributed by atoms with van der Waals surface area (Å²) in [7, 11) is 0. The molecule has 2 fully saturated rings. The van der Waals surface area contributed by atoms with Crippen LogP contribution in [-0.2, 0) is 13.1 Å². The van der Waals surface area contributed by atoms with Crippen molar-refractivity contribution in [3.63, 3.8) is 0 Å². The van der Waals surface area contributed by atoms with Gasteiger partial charge in [0.25, 0.3) is 0 Å². The Morgan fingerprint density at radius 1 is 0.667 bits per heavy atom. The monoisotopic (exact) mass is 412 g/mol. The van der Waals surface area contributed by atoms with Gasteiger partial charge in [-0.2, -0.15) is 0 Å². The number of aromatic nitrogens is 4. The third kappa shape index (κ3) is 4.65. The molecule has 6 nitrogen and oxygen atoms in total. The maximum Gasteiger partial charge on any atom is 0.167 e. The van der Waals surface area contributed by atoms with Crippen molar-refractivity contribution >= 4 is 0 Å². The molecule has 2 aromatic heterocycles. The van der Waals surface area contributed by atoms with Gasteiger partial charge in [0.2, 0.25) is 0 Å². The second-order valence-corrected chi connectivity index (χ2v) is 10.6. The van der Waals surface area contributed by atoms with Crippen LogP contribution in [0.4, 0.5) is 0 Å². The van der Waals surface area contributed by atoms with Gasteiger partial charge >= 0.3 is 0 Å². The number of nitrogens with zero attached hydrogens (tertiary/aromatic N) is 6. The molecule has 4 rings (SSSR count). The highest BCUT2D eigenvalue weighted by molar-refractivity contribution is 5.16. The third-order valence-corrected chi connectivity index (χ3v) is 6.82. The van der Waals surface area contributed by atoms with Crippen molar-refractivity contribution < 1.29 is 0 Å². The molecule has 166 valence electrons. The molecule has 4 atom stereocenters. The molecule has 2 aliphatic rings. The fraction of sp³-hybridized carbons (Fsp3) is 0.750. The number of aryl methyl sites for hydroxylation is 2. The van der Waals surface area contributed by atoms with E-state index >= 15 is 0 Å². The summed E-state index contributed by atoms with van der Waals surface area (Å²) in [6.45, 7) is 20.2. The Bertz CT molecular complexity index is 767. The van der Waals surface area contributed by atoms with E-state index in [1.165, 1.54) is 24.2 Å². The van der Waals surface area contributed by atoms with Crippen molar-refractivity contribution in [3.8, 4) is 0 Å². The molecule has 0 saturated carbocycles. The molecular formula is C24H40N6. The summed E-state index contributed by atoms with van der Waals surface area (Å²) in [6.07, 6.45) is 2.66. The molecule has 6 heteroatoms. The molecule has 2 aliphatic heterocycles. The minimum absolute atomic E-state index is 0.746. The maximum atomic E-state index is 4.73. The van der Waals surface area contributed by atoms with Crippen LogP contribution in [-0.4, -0.2) is 55.5 Å². The van der Waals surface area contributed by atoms with Crippen molar-refractivity contribution in [2.24, 2.45) is 23.7 Å². The largest absolute Gasteiger partial charge is 0.295 e. The molecule has 0 spiro atoms. The number of likely N-dealkylation sites (tertiary alicyclic amines) is 2. The Morgan fingerprint density at radius 3 is 1.40 bits per heavy atom. The zero-order valence-electron chi connectivity index (χ0n) is 19.8. The Kier molecular flexibility index (Phi) is 6.35. The molecular weight excluding hydrogens is 372 g/mol. The summed E-state index contributed by atoms with van der Waals surface area (Å²) in [6, 6.07) is 4.39. The second kappa shape index (κ2) is 8.83. The Balaban J connectivity index is 1.64. The highest BCUT2D eigenvalue weighted by Crippen LogP contribution is 2.25. The number of piperidine rings is 2. The normalized spacial score (nSPS) is 28.9. The smallest absolute Gasteiger partial charge is 0.167 e. The summed E-state index contributed by atoms with van der Waals surface area (Å²) in [4.78, 5) is 5.14. The van der Waals surface area contributed by atoms with Gasteiger partial charge in [-0.1, -0.05) is 27.7 Å². The maximum absolute atomic E-state index is 4.73. The van der Waals surface area contributed by atoms with E-state index in [1.807, 2.05) is 0 Å². The fourth-order valence-electron chi connectivity index (χ4n) is 6.00. The van der Waals surface area contributed by atoms with Crippen molar-refractivity contribution in [1.29, 1.82) is 0 Å². The second-order valence-electron chi connectivity index (χ2n) is 10.6. The van der Waals surface area contributed by atoms with Crippen LogP contribution in [0.2, 0.25) is 0 Å². The van der Waals surface area contributed by atoms with Crippen LogP contribution in [0.15, 0.2) is 12.1 Å². The Morgan fingerprint density at radius 2 is 1.03 bits per heavy atom. The molecule has 0 amide bonds. The van der Waals surface area contributed by atoms with Crippen LogP contribution in [0, 0.1) is 37.5 Å². The van der Waals surface area contributed by atoms with Gasteiger partial charge in [-0.15, -0.1) is 10.2 Å². The number of hydrogen-bond donors (Lipinski definition) is 0. The summed E-state index contributed by atoms with van der Waals surface area (Å²) in [5, 5.41) is 9.45. The molecule has 0 unspecified atom stereocenters. The van der Waals surface area contributed by atoms with Crippen LogP contribution in [0.5, 0.6) is 0 Å². The van der Waals surface area contributed by atoms with E-state index in [2.05, 4.69) is 72.8 Å². The van der Waals surface area contributed by atoms with E-state index in [1.54, 1.807) is 0 Å². The standard InChI is InChI=1S/C24H40N6/c1-17-9-18(2)12-27(11-17)15-23-25-26-24(16-28-13-19(3)10-20(4)14-28)30(23)29-21(5)7-8-22(29)6/h7-8,17-20H,9-16H2,1-6H3/t17-,18+,19-,20+. The quantitative estimate of drug-likeness (QED) is 0.745. The van der Waals surface area contributed by atoms with E-state index in [4.69, 9.17) is 10.2 Å². The first-order valence-corrected chi connectivity index (χ1v) is 11.8. The number of rotatable bonds is 5. The Hall–Kier alpha value is -1.66. The first kappa shape index (κ1) is 21.6. The first-order valence-electron chi connectivity index (χ1n) is 11.8. The van der Waals surface area contributed by atoms with E-state index in [0.717, 1.165) is 74.6 Å². The molecule has 0 aliphatic carbocycles. The van der Waals surface area contributed by atoms with Gasteiger partial charge in [-0.25, -0.2) is 4.68 Å². The molecule has 0 aromatic carbocycles. The molecule has 2 saturated heterocycles. The average molecular weight is 413 g/mol. The fourth-order valence-corrected chi connectivity index (χ4v) is 6.00. The zero-order valence-corrected chi connectivity index (χ0v) is 19.8. The van der Waals surface area contributed by atoms with E-state index in [9.17, 15) is 0 Å². The molecule has 2 aromatic rings. The summed E-state index contributed by atoms with van der Waals surface area (Å²) >= 11 is 0. The van der Waals surface area contributed by atoms with Crippen molar-refractivity contribution in [2.75, 3.05) is 26.2 Å². The van der Waals surface area contributed by atoms with Crippen molar-refractivity contribution in [2.45, 2.75) is 67.5 Å². The van der Waals surface area contributed by atoms with Crippen LogP contribution in [0.1, 0.15) is 63.6 Å². The summed E-state index contributed by atoms with van der Waals surface area (Å²) in [5.74, 6) is 5.11. The number of hydrogen-bond acceptors (Lipinski definition) is 4. The highest BCUT2D eigenvalue weighted by Gasteiger charge is 2.27. The molecule has 0 bridgehead atoms. The lowest BCUT2D eigenvalue weighted by molar-refractivity contribution is 0.125. The molecule has 4 heterocycles. The Labute approximate surface area is 182 Å². The van der Waals surface area contributed by atoms with E-state index in [0.29, 0.717) is 0 Å². The molecule has 30 heavy (non-hydrogen) atoms. The highest BCUT2D eigenvalue weighted by atomic mass is 15.5. The average Bonchev–Trinajstić information content (AvgIpc) is 3.15. The van der Waals surface area contributed by atoms with Gasteiger partial charge in [-0.05, 0) is 62.5 Å². The molecule has 0 N–H and O–H groups in total. The summed E-state index contributed by atoms with van der Waals surface area (Å²) in [5.41, 5.74) is 2.46. The van der Waals surface area contributed by atoms with E-state index < -0.39 is 0 Å². The third-order valence-electron chi connectivity index (χ3n) is 6.82. The van der Waals surface area contributed by atoms with Crippen LogP contribution >= 0.6 is 0 Å². The lowest BCUT2D eigenvalue weighted by atomic mass is 9.92. The van der Waals surface area contributed by atoms with Gasteiger partial charge < -0.3 is 0 Å². The van der Waals surface area contributed by atoms with Gasteiger partial charge in [-0.3, -0.25) is 14.5 Å². The van der Waals surface area contributed by atoms with Crippen LogP contribution in [0.25, 0.3) is 0 Å². The van der Waals surface area contributed by atoms with Gasteiger partial charge in [0.1, 0.15) is 0 Å². The predicted molar refractivity (Wildman–Crippen MR) is 121 cm³/mol. The summed E-state index contributed by atoms with van der Waals surface area (Å²) < 4.78 is 4.61. The zero-order chi connectivity index (χ0) is 21.4. The van der Waals surface area contributed by atoms with Crippen LogP contribution < -0.4 is 0 Å². The minimum atomic E-state index is 0.746. The lowest BCUT2D eigenvalue weighted by Gasteiger charge is -2.35. The molecule has 0 radical (unpaired) electrons. The van der Waals surface area contributed by atoms with Gasteiger partial charge in [0.05, 0.1) is 13.1 Å². The van der Waals surface area contributed by atoms with Crippen molar-refractivity contribution in [3.05, 3.63) is 35.2 Å². The topological polar surface area (TPSA) is 42.1 Å². The van der Waals surface area contributed by atoms with Crippen molar-refractivity contribution in [1.82, 2.24) is 29.3 Å². The minimum Gasteiger partial charge on any atom is -0.295 e.